The quantitative estimate of drug-likeness (QED) is 0.634. The molecule has 0 heterocycles. The fraction of sp³-hybridized carbons (Fsp3) is 0.636. The first-order chi connectivity index (χ1) is 5.79. The van der Waals surface area contributed by atoms with Gasteiger partial charge in [0, 0.05) is 0 Å². The third-order valence-electron chi connectivity index (χ3n) is 3.16. The lowest BCUT2D eigenvalue weighted by Crippen LogP contribution is -2.07. The summed E-state index contributed by atoms with van der Waals surface area (Å²) in [6.07, 6.45) is 8.58. The van der Waals surface area contributed by atoms with Gasteiger partial charge < -0.3 is 5.11 Å². The smallest absolute Gasteiger partial charge is 0.0755 e. The van der Waals surface area contributed by atoms with Crippen molar-refractivity contribution in [3.05, 3.63) is 24.3 Å². The van der Waals surface area contributed by atoms with Crippen LogP contribution in [-0.4, -0.2) is 11.2 Å². The number of hydrogen-bond acceptors (Lipinski definition) is 1. The first-order valence-electron chi connectivity index (χ1n) is 4.81. The van der Waals surface area contributed by atoms with Crippen LogP contribution in [-0.2, 0) is 0 Å². The van der Waals surface area contributed by atoms with Gasteiger partial charge in [-0.05, 0) is 37.5 Å². The largest absolute Gasteiger partial charge is 0.389 e. The molecule has 0 aliphatic heterocycles. The molecular weight excluding hydrogens is 148 g/mol. The van der Waals surface area contributed by atoms with E-state index in [0.29, 0.717) is 0 Å². The summed E-state index contributed by atoms with van der Waals surface area (Å²) in [6, 6.07) is 0. The van der Waals surface area contributed by atoms with Crippen molar-refractivity contribution in [2.75, 3.05) is 0 Å². The van der Waals surface area contributed by atoms with Gasteiger partial charge in [0.1, 0.15) is 0 Å². The Morgan fingerprint density at radius 2 is 2.50 bits per heavy atom. The molecule has 0 saturated heterocycles. The van der Waals surface area contributed by atoms with Gasteiger partial charge in [-0.3, -0.25) is 0 Å². The fourth-order valence-corrected chi connectivity index (χ4v) is 2.50. The molecule has 2 rings (SSSR count). The molecule has 0 aromatic heterocycles. The highest BCUT2D eigenvalue weighted by molar-refractivity contribution is 5.20. The van der Waals surface area contributed by atoms with Crippen molar-refractivity contribution in [3.8, 4) is 0 Å². The zero-order valence-electron chi connectivity index (χ0n) is 7.37. The van der Waals surface area contributed by atoms with E-state index < -0.39 is 0 Å². The average Bonchev–Trinajstić information content (AvgIpc) is 2.64. The van der Waals surface area contributed by atoms with E-state index in [1.807, 2.05) is 0 Å². The number of fused-ring (bicyclic) bond motifs is 2. The first kappa shape index (κ1) is 8.06. The van der Waals surface area contributed by atoms with Crippen molar-refractivity contribution >= 4 is 0 Å². The van der Waals surface area contributed by atoms with E-state index >= 15 is 0 Å². The molecular formula is C11H16O. The normalized spacial score (nSPS) is 34.9. The highest BCUT2D eigenvalue weighted by atomic mass is 16.3. The number of aliphatic hydroxyl groups is 1. The monoisotopic (exact) mass is 164 g/mol. The van der Waals surface area contributed by atoms with Gasteiger partial charge in [0.05, 0.1) is 6.10 Å². The van der Waals surface area contributed by atoms with Crippen LogP contribution >= 0.6 is 0 Å². The van der Waals surface area contributed by atoms with Gasteiger partial charge >= 0.3 is 0 Å². The van der Waals surface area contributed by atoms with E-state index in [1.54, 1.807) is 6.08 Å². The van der Waals surface area contributed by atoms with Crippen LogP contribution in [0.3, 0.4) is 0 Å². The maximum absolute atomic E-state index is 9.39. The molecule has 0 amide bonds. The zero-order chi connectivity index (χ0) is 8.55. The second-order valence-electron chi connectivity index (χ2n) is 4.02. The summed E-state index contributed by atoms with van der Waals surface area (Å²) in [4.78, 5) is 0. The molecule has 0 radical (unpaired) electrons. The Bertz CT molecular complexity index is 217. The van der Waals surface area contributed by atoms with Gasteiger partial charge in [0.2, 0.25) is 0 Å². The lowest BCUT2D eigenvalue weighted by Gasteiger charge is -2.14. The van der Waals surface area contributed by atoms with Crippen LogP contribution < -0.4 is 0 Å². The second kappa shape index (κ2) is 3.06. The molecule has 2 bridgehead atoms. The Balaban J connectivity index is 1.97. The minimum absolute atomic E-state index is 0.324. The first-order valence-corrected chi connectivity index (χ1v) is 4.81. The summed E-state index contributed by atoms with van der Waals surface area (Å²) in [7, 11) is 0. The number of rotatable bonds is 3. The van der Waals surface area contributed by atoms with Gasteiger partial charge in [-0.1, -0.05) is 17.7 Å². The molecule has 1 heteroatoms. The minimum atomic E-state index is -0.324. The van der Waals surface area contributed by atoms with Crippen LogP contribution in [0.1, 0.15) is 25.7 Å². The van der Waals surface area contributed by atoms with Gasteiger partial charge in [0.15, 0.2) is 0 Å². The maximum atomic E-state index is 9.39. The Morgan fingerprint density at radius 3 is 3.00 bits per heavy atom. The predicted octanol–water partition coefficient (Wildman–Crippen LogP) is 2.28. The van der Waals surface area contributed by atoms with Crippen LogP contribution in [0.5, 0.6) is 0 Å². The zero-order valence-corrected chi connectivity index (χ0v) is 7.37. The number of hydrogen-bond donors (Lipinski definition) is 1. The molecule has 0 aromatic carbocycles. The fourth-order valence-electron chi connectivity index (χ4n) is 2.50. The molecule has 1 N–H and O–H groups in total. The summed E-state index contributed by atoms with van der Waals surface area (Å²) in [5.41, 5.74) is 1.48. The third kappa shape index (κ3) is 1.34. The third-order valence-corrected chi connectivity index (χ3v) is 3.16. The summed E-state index contributed by atoms with van der Waals surface area (Å²) in [6.45, 7) is 3.59. The molecule has 12 heavy (non-hydrogen) atoms. The van der Waals surface area contributed by atoms with Crippen LogP contribution in [0.4, 0.5) is 0 Å². The lowest BCUT2D eigenvalue weighted by atomic mass is 9.94. The Morgan fingerprint density at radius 1 is 1.67 bits per heavy atom. The standard InChI is InChI=1S/C11H16O/c1-2-11(12)7-10-6-8-3-4-9(10)5-8/h2,6,8-9,11-12H,1,3-5,7H2. The summed E-state index contributed by atoms with van der Waals surface area (Å²) in [5, 5.41) is 9.39. The highest BCUT2D eigenvalue weighted by Crippen LogP contribution is 2.45. The molecule has 1 fully saturated rings. The van der Waals surface area contributed by atoms with Gasteiger partial charge in [0.25, 0.3) is 0 Å². The van der Waals surface area contributed by atoms with E-state index in [-0.39, 0.29) is 6.10 Å². The highest BCUT2D eigenvalue weighted by Gasteiger charge is 2.32. The molecule has 66 valence electrons. The molecule has 1 saturated carbocycles. The van der Waals surface area contributed by atoms with Gasteiger partial charge in [-0.2, -0.15) is 0 Å². The topological polar surface area (TPSA) is 20.2 Å². The van der Waals surface area contributed by atoms with Crippen LogP contribution in [0.15, 0.2) is 24.3 Å². The Labute approximate surface area is 73.8 Å². The van der Waals surface area contributed by atoms with Crippen LogP contribution in [0, 0.1) is 11.8 Å². The van der Waals surface area contributed by atoms with Crippen LogP contribution in [0.25, 0.3) is 0 Å². The molecule has 3 atom stereocenters. The summed E-state index contributed by atoms with van der Waals surface area (Å²) >= 11 is 0. The SMILES string of the molecule is C=CC(O)CC1=CC2CCC1C2. The molecule has 1 nitrogen and oxygen atoms in total. The molecule has 2 aliphatic carbocycles. The number of aliphatic hydroxyl groups excluding tert-OH is 1. The van der Waals surface area contributed by atoms with E-state index in [9.17, 15) is 5.11 Å². The summed E-state index contributed by atoms with van der Waals surface area (Å²) in [5.74, 6) is 1.63. The molecule has 0 spiro atoms. The van der Waals surface area contributed by atoms with E-state index in [1.165, 1.54) is 24.8 Å². The molecule has 0 aromatic rings. The Hall–Kier alpha value is -0.560. The average molecular weight is 164 g/mol. The predicted molar refractivity (Wildman–Crippen MR) is 49.7 cm³/mol. The van der Waals surface area contributed by atoms with Crippen LogP contribution in [0.2, 0.25) is 0 Å². The van der Waals surface area contributed by atoms with Gasteiger partial charge in [-0.25, -0.2) is 0 Å². The molecule has 2 aliphatic rings. The summed E-state index contributed by atoms with van der Waals surface area (Å²) < 4.78 is 0. The maximum Gasteiger partial charge on any atom is 0.0755 e. The molecule has 3 unspecified atom stereocenters. The lowest BCUT2D eigenvalue weighted by molar-refractivity contribution is 0.220. The van der Waals surface area contributed by atoms with E-state index in [2.05, 4.69) is 12.7 Å². The van der Waals surface area contributed by atoms with Crippen molar-refractivity contribution < 1.29 is 5.11 Å². The van der Waals surface area contributed by atoms with E-state index in [4.69, 9.17) is 0 Å². The second-order valence-corrected chi connectivity index (χ2v) is 4.02. The van der Waals surface area contributed by atoms with E-state index in [0.717, 1.165) is 18.3 Å². The van der Waals surface area contributed by atoms with Gasteiger partial charge in [-0.15, -0.1) is 6.58 Å². The minimum Gasteiger partial charge on any atom is -0.389 e. The van der Waals surface area contributed by atoms with Crippen molar-refractivity contribution in [2.45, 2.75) is 31.8 Å². The van der Waals surface area contributed by atoms with Crippen molar-refractivity contribution in [1.82, 2.24) is 0 Å². The number of allylic oxidation sites excluding steroid dienone is 1. The van der Waals surface area contributed by atoms with Crippen molar-refractivity contribution in [1.29, 1.82) is 0 Å². The van der Waals surface area contributed by atoms with Crippen molar-refractivity contribution in [3.63, 3.8) is 0 Å². The van der Waals surface area contributed by atoms with Crippen molar-refractivity contribution in [2.24, 2.45) is 11.8 Å². The Kier molecular flexibility index (Phi) is 2.05.